The van der Waals surface area contributed by atoms with Crippen molar-refractivity contribution in [1.29, 1.82) is 0 Å². The van der Waals surface area contributed by atoms with Gasteiger partial charge >= 0.3 is 5.97 Å². The zero-order valence-corrected chi connectivity index (χ0v) is 46.2. The lowest BCUT2D eigenvalue weighted by atomic mass is 10.0. The van der Waals surface area contributed by atoms with E-state index in [0.717, 1.165) is 35.0 Å². The van der Waals surface area contributed by atoms with Gasteiger partial charge in [-0.3, -0.25) is 4.79 Å². The van der Waals surface area contributed by atoms with Crippen LogP contribution in [0.15, 0.2) is 0 Å². The number of hydrogen-bond acceptors (Lipinski definition) is 7. The van der Waals surface area contributed by atoms with Crippen molar-refractivity contribution >= 4 is 53.0 Å². The summed E-state index contributed by atoms with van der Waals surface area (Å²) in [5, 5.41) is 0. The minimum atomic E-state index is 0.0303. The highest BCUT2D eigenvalue weighted by Crippen LogP contribution is 2.32. The van der Waals surface area contributed by atoms with Crippen molar-refractivity contribution < 1.29 is 9.53 Å². The fourth-order valence-corrected chi connectivity index (χ4v) is 14.1. The molecule has 0 atom stereocenters. The maximum Gasteiger partial charge on any atom is 0.306 e. The van der Waals surface area contributed by atoms with Gasteiger partial charge in [-0.1, -0.05) is 207 Å². The first-order chi connectivity index (χ1) is 30.5. The van der Waals surface area contributed by atoms with Crippen LogP contribution in [0, 0.1) is 0 Å². The third-order valence-electron chi connectivity index (χ3n) is 12.4. The summed E-state index contributed by atoms with van der Waals surface area (Å²) in [5.41, 5.74) is 0. The third kappa shape index (κ3) is 48.8. The molecular weight excluding hydrogens is 835 g/mol. The van der Waals surface area contributed by atoms with E-state index in [2.05, 4.69) is 93.7 Å². The van der Waals surface area contributed by atoms with Crippen LogP contribution in [0.2, 0.25) is 0 Å². The highest BCUT2D eigenvalue weighted by atomic mass is 32.2. The number of unbranched alkanes of at least 4 members (excludes halogenated alkanes) is 28. The molecule has 0 aliphatic heterocycles. The smallest absolute Gasteiger partial charge is 0.306 e. The predicted molar refractivity (Wildman–Crippen MR) is 293 cm³/mol. The zero-order chi connectivity index (χ0) is 45.2. The first kappa shape index (κ1) is 62.8. The largest absolute Gasteiger partial charge is 0.462 e. The summed E-state index contributed by atoms with van der Waals surface area (Å²) in [6.07, 6.45) is 53.2. The van der Waals surface area contributed by atoms with E-state index in [1.54, 1.807) is 0 Å². The van der Waals surface area contributed by atoms with E-state index < -0.39 is 0 Å². The Bertz CT molecular complexity index is 773. The predicted octanol–water partition coefficient (Wildman–Crippen LogP) is 19.7. The molecule has 0 heterocycles. The Balaban J connectivity index is 4.68. The zero-order valence-electron chi connectivity index (χ0n) is 42.9. The van der Waals surface area contributed by atoms with Gasteiger partial charge in [0.05, 0.1) is 9.16 Å². The Hall–Kier alpha value is 0.830. The lowest BCUT2D eigenvalue weighted by molar-refractivity contribution is -0.150. The molecule has 0 unspecified atom stereocenters. The Morgan fingerprint density at radius 3 is 0.952 bits per heavy atom. The molecule has 0 fully saturated rings. The number of nitrogens with zero attached hydrogens (tertiary/aromatic N) is 1. The van der Waals surface area contributed by atoms with Crippen LogP contribution in [0.3, 0.4) is 0 Å². The van der Waals surface area contributed by atoms with Crippen molar-refractivity contribution in [2.24, 2.45) is 0 Å². The molecule has 0 aromatic carbocycles. The molecule has 0 bridgehead atoms. The van der Waals surface area contributed by atoms with Crippen molar-refractivity contribution in [3.8, 4) is 0 Å². The van der Waals surface area contributed by atoms with Gasteiger partial charge in [0.15, 0.2) is 0 Å². The monoisotopic (exact) mass is 946 g/mol. The van der Waals surface area contributed by atoms with Crippen molar-refractivity contribution in [3.63, 3.8) is 0 Å². The van der Waals surface area contributed by atoms with Gasteiger partial charge < -0.3 is 9.64 Å². The second-order valence-corrected chi connectivity index (χ2v) is 25.0. The van der Waals surface area contributed by atoms with Crippen LogP contribution in [-0.4, -0.2) is 69.8 Å². The average molecular weight is 947 g/mol. The lowest BCUT2D eigenvalue weighted by Gasteiger charge is -2.19. The standard InChI is InChI=1S/C55H111NO2S4/c1-7-11-15-19-29-37-48-59-54(60-49-38-30-20-16-12-8-2)45-35-27-23-25-33-42-52(58-53(57)44-41-47-56(5)6)43-34-26-24-28-36-46-55(61-50-39-31-21-17-13-9-3)62-51-40-32-22-18-14-10-4/h52,54-55H,7-51H2,1-6H3. The van der Waals surface area contributed by atoms with Gasteiger partial charge in [0.25, 0.3) is 0 Å². The van der Waals surface area contributed by atoms with Gasteiger partial charge in [0, 0.05) is 6.42 Å². The van der Waals surface area contributed by atoms with Crippen LogP contribution < -0.4 is 0 Å². The summed E-state index contributed by atoms with van der Waals surface area (Å²) in [7, 11) is 4.17. The Morgan fingerprint density at radius 2 is 0.645 bits per heavy atom. The van der Waals surface area contributed by atoms with E-state index in [4.69, 9.17) is 4.74 Å². The first-order valence-corrected chi connectivity index (χ1v) is 32.0. The minimum absolute atomic E-state index is 0.0303. The molecule has 0 aromatic rings. The normalized spacial score (nSPS) is 12.0. The number of carbonyl (C=O) groups is 1. The molecular formula is C55H111NO2S4. The van der Waals surface area contributed by atoms with Crippen molar-refractivity contribution in [2.75, 3.05) is 43.7 Å². The van der Waals surface area contributed by atoms with Crippen LogP contribution >= 0.6 is 47.0 Å². The number of rotatable bonds is 53. The molecule has 0 saturated carbocycles. The van der Waals surface area contributed by atoms with E-state index in [-0.39, 0.29) is 12.1 Å². The molecule has 0 saturated heterocycles. The summed E-state index contributed by atoms with van der Waals surface area (Å²) in [6, 6.07) is 0. The van der Waals surface area contributed by atoms with Crippen LogP contribution in [0.25, 0.3) is 0 Å². The van der Waals surface area contributed by atoms with Gasteiger partial charge in [-0.15, -0.1) is 47.0 Å². The van der Waals surface area contributed by atoms with E-state index in [9.17, 15) is 4.79 Å². The molecule has 372 valence electrons. The summed E-state index contributed by atoms with van der Waals surface area (Å²) in [6.45, 7) is 10.2. The Labute approximate surface area is 408 Å². The number of hydrogen-bond donors (Lipinski definition) is 0. The van der Waals surface area contributed by atoms with Gasteiger partial charge in [-0.25, -0.2) is 0 Å². The van der Waals surface area contributed by atoms with Crippen molar-refractivity contribution in [3.05, 3.63) is 0 Å². The minimum Gasteiger partial charge on any atom is -0.462 e. The van der Waals surface area contributed by atoms with Crippen molar-refractivity contribution in [2.45, 2.75) is 300 Å². The SMILES string of the molecule is CCCCCCCCSC(CCCCCCCC(CCCCCCCC(SCCCCCCCC)SCCCCCCCC)OC(=O)CCCN(C)C)SCCCCCCCC. The van der Waals surface area contributed by atoms with Crippen LogP contribution in [0.5, 0.6) is 0 Å². The Kier molecular flexibility index (Phi) is 53.5. The van der Waals surface area contributed by atoms with Crippen LogP contribution in [0.1, 0.15) is 285 Å². The maximum atomic E-state index is 12.9. The highest BCUT2D eigenvalue weighted by Gasteiger charge is 2.16. The van der Waals surface area contributed by atoms with Crippen molar-refractivity contribution in [1.82, 2.24) is 4.90 Å². The van der Waals surface area contributed by atoms with Crippen LogP contribution in [0.4, 0.5) is 0 Å². The number of thioether (sulfide) groups is 4. The lowest BCUT2D eigenvalue weighted by Crippen LogP contribution is -2.20. The third-order valence-corrected chi connectivity index (χ3v) is 18.6. The van der Waals surface area contributed by atoms with Gasteiger partial charge in [-0.2, -0.15) is 0 Å². The Morgan fingerprint density at radius 1 is 0.371 bits per heavy atom. The quantitative estimate of drug-likeness (QED) is 0.0341. The molecule has 0 aromatic heterocycles. The fourth-order valence-electron chi connectivity index (χ4n) is 8.29. The molecule has 0 radical (unpaired) electrons. The van der Waals surface area contributed by atoms with Gasteiger partial charge in [-0.05, 0) is 114 Å². The average Bonchev–Trinajstić information content (AvgIpc) is 3.26. The van der Waals surface area contributed by atoms with Gasteiger partial charge in [0.2, 0.25) is 0 Å². The molecule has 0 aliphatic rings. The molecule has 0 amide bonds. The second-order valence-electron chi connectivity index (χ2n) is 19.1. The van der Waals surface area contributed by atoms with Gasteiger partial charge in [0.1, 0.15) is 6.10 Å². The number of esters is 1. The maximum absolute atomic E-state index is 12.9. The van der Waals surface area contributed by atoms with E-state index in [1.165, 1.54) is 254 Å². The summed E-state index contributed by atoms with van der Waals surface area (Å²) in [4.78, 5) is 15.0. The molecule has 0 rings (SSSR count). The summed E-state index contributed by atoms with van der Waals surface area (Å²) < 4.78 is 7.76. The van der Waals surface area contributed by atoms with E-state index in [1.807, 2.05) is 0 Å². The molecule has 3 nitrogen and oxygen atoms in total. The molecule has 62 heavy (non-hydrogen) atoms. The summed E-state index contributed by atoms with van der Waals surface area (Å²) >= 11 is 9.11. The summed E-state index contributed by atoms with van der Waals surface area (Å²) in [5.74, 6) is 5.45. The topological polar surface area (TPSA) is 29.5 Å². The molecule has 7 heteroatoms. The highest BCUT2D eigenvalue weighted by molar-refractivity contribution is 8.17. The number of ether oxygens (including phenoxy) is 1. The molecule has 0 spiro atoms. The van der Waals surface area contributed by atoms with E-state index >= 15 is 0 Å². The second kappa shape index (κ2) is 52.8. The molecule has 0 aliphatic carbocycles. The fraction of sp³-hybridized carbons (Fsp3) is 0.982. The first-order valence-electron chi connectivity index (χ1n) is 27.8. The van der Waals surface area contributed by atoms with Crippen LogP contribution in [-0.2, 0) is 9.53 Å². The molecule has 0 N–H and O–H groups in total. The number of carbonyl (C=O) groups excluding carboxylic acids is 1. The van der Waals surface area contributed by atoms with E-state index in [0.29, 0.717) is 6.42 Å².